The quantitative estimate of drug-likeness (QED) is 0.834. The number of sulfone groups is 1. The maximum absolute atomic E-state index is 12.7. The minimum Gasteiger partial charge on any atom is -0.325 e. The van der Waals surface area contributed by atoms with Crippen molar-refractivity contribution in [2.24, 2.45) is 7.05 Å². The van der Waals surface area contributed by atoms with Crippen LogP contribution in [0.4, 0.5) is 4.39 Å². The van der Waals surface area contributed by atoms with Crippen molar-refractivity contribution >= 4 is 9.84 Å². The molecule has 2 aromatic rings. The number of hydrogen-bond donors (Lipinski definition) is 0. The van der Waals surface area contributed by atoms with Crippen LogP contribution < -0.4 is 0 Å². The summed E-state index contributed by atoms with van der Waals surface area (Å²) in [5, 5.41) is 0.0156. The molecule has 0 saturated heterocycles. The molecule has 6 heteroatoms. The van der Waals surface area contributed by atoms with Crippen molar-refractivity contribution in [1.82, 2.24) is 9.55 Å². The average molecular weight is 254 g/mol. The molecule has 0 unspecified atom stereocenters. The van der Waals surface area contributed by atoms with Crippen LogP contribution in [0, 0.1) is 5.82 Å². The molecule has 1 aromatic heterocycles. The Labute approximate surface area is 98.6 Å². The summed E-state index contributed by atoms with van der Waals surface area (Å²) in [6.45, 7) is 0. The molecule has 0 radical (unpaired) electrons. The van der Waals surface area contributed by atoms with Gasteiger partial charge in [-0.15, -0.1) is 0 Å². The molecule has 0 bridgehead atoms. The predicted octanol–water partition coefficient (Wildman–Crippen LogP) is 1.53. The number of nitrogens with zero attached hydrogens (tertiary/aromatic N) is 2. The van der Waals surface area contributed by atoms with Crippen molar-refractivity contribution in [2.75, 3.05) is 0 Å². The average Bonchev–Trinajstić information content (AvgIpc) is 2.68. The maximum atomic E-state index is 12.7. The second-order valence-electron chi connectivity index (χ2n) is 3.71. The van der Waals surface area contributed by atoms with E-state index >= 15 is 0 Å². The first-order valence-corrected chi connectivity index (χ1v) is 6.59. The Morgan fingerprint density at radius 1 is 1.29 bits per heavy atom. The number of halogens is 1. The van der Waals surface area contributed by atoms with Crippen molar-refractivity contribution in [3.05, 3.63) is 48.0 Å². The highest BCUT2D eigenvalue weighted by Gasteiger charge is 2.19. The zero-order valence-corrected chi connectivity index (χ0v) is 9.98. The van der Waals surface area contributed by atoms with E-state index in [2.05, 4.69) is 4.98 Å². The third-order valence-electron chi connectivity index (χ3n) is 2.33. The van der Waals surface area contributed by atoms with Crippen LogP contribution in [-0.2, 0) is 22.6 Å². The van der Waals surface area contributed by atoms with E-state index in [0.717, 1.165) is 0 Å². The molecule has 0 aliphatic carbocycles. The van der Waals surface area contributed by atoms with Crippen LogP contribution in [0.1, 0.15) is 5.56 Å². The standard InChI is InChI=1S/C11H11FN2O2S/c1-14-7-6-13-11(14)17(15,16)8-9-2-4-10(12)5-3-9/h2-7H,8H2,1H3. The van der Waals surface area contributed by atoms with Gasteiger partial charge in [0.15, 0.2) is 0 Å². The molecule has 1 aromatic carbocycles. The van der Waals surface area contributed by atoms with Gasteiger partial charge >= 0.3 is 0 Å². The minimum atomic E-state index is -3.48. The Morgan fingerprint density at radius 3 is 2.47 bits per heavy atom. The number of imidazole rings is 1. The SMILES string of the molecule is Cn1ccnc1S(=O)(=O)Cc1ccc(F)cc1. The lowest BCUT2D eigenvalue weighted by Gasteiger charge is -2.04. The zero-order chi connectivity index (χ0) is 12.5. The molecule has 90 valence electrons. The third-order valence-corrected chi connectivity index (χ3v) is 3.99. The summed E-state index contributed by atoms with van der Waals surface area (Å²) in [7, 11) is -1.87. The fourth-order valence-electron chi connectivity index (χ4n) is 1.52. The highest BCUT2D eigenvalue weighted by Crippen LogP contribution is 2.14. The van der Waals surface area contributed by atoms with E-state index in [1.165, 1.54) is 35.0 Å². The topological polar surface area (TPSA) is 52.0 Å². The maximum Gasteiger partial charge on any atom is 0.227 e. The van der Waals surface area contributed by atoms with Gasteiger partial charge in [0.1, 0.15) is 5.82 Å². The fraction of sp³-hybridized carbons (Fsp3) is 0.182. The molecular formula is C11H11FN2O2S. The van der Waals surface area contributed by atoms with Crippen LogP contribution in [0.15, 0.2) is 41.8 Å². The largest absolute Gasteiger partial charge is 0.325 e. The van der Waals surface area contributed by atoms with E-state index in [4.69, 9.17) is 0 Å². The van der Waals surface area contributed by atoms with Gasteiger partial charge in [-0.2, -0.15) is 0 Å². The first kappa shape index (κ1) is 11.8. The lowest BCUT2D eigenvalue weighted by Crippen LogP contribution is -2.10. The summed E-state index contributed by atoms with van der Waals surface area (Å²) >= 11 is 0. The number of rotatable bonds is 3. The molecule has 0 aliphatic heterocycles. The molecule has 17 heavy (non-hydrogen) atoms. The smallest absolute Gasteiger partial charge is 0.227 e. The van der Waals surface area contributed by atoms with Gasteiger partial charge in [-0.05, 0) is 17.7 Å². The molecule has 0 saturated carbocycles. The van der Waals surface area contributed by atoms with E-state index < -0.39 is 9.84 Å². The monoisotopic (exact) mass is 254 g/mol. The number of benzene rings is 1. The van der Waals surface area contributed by atoms with Gasteiger partial charge in [0, 0.05) is 19.4 Å². The van der Waals surface area contributed by atoms with Crippen LogP contribution in [0.5, 0.6) is 0 Å². The van der Waals surface area contributed by atoms with Crippen molar-refractivity contribution in [3.63, 3.8) is 0 Å². The number of aryl methyl sites for hydroxylation is 1. The van der Waals surface area contributed by atoms with Gasteiger partial charge in [-0.25, -0.2) is 17.8 Å². The molecule has 4 nitrogen and oxygen atoms in total. The van der Waals surface area contributed by atoms with E-state index in [-0.39, 0.29) is 16.7 Å². The molecular weight excluding hydrogens is 243 g/mol. The Morgan fingerprint density at radius 2 is 1.94 bits per heavy atom. The van der Waals surface area contributed by atoms with Crippen molar-refractivity contribution < 1.29 is 12.8 Å². The highest BCUT2D eigenvalue weighted by atomic mass is 32.2. The van der Waals surface area contributed by atoms with E-state index in [1.54, 1.807) is 13.2 Å². The summed E-state index contributed by atoms with van der Waals surface area (Å²) in [4.78, 5) is 3.80. The fourth-order valence-corrected chi connectivity index (χ4v) is 3.00. The van der Waals surface area contributed by atoms with E-state index in [1.807, 2.05) is 0 Å². The second kappa shape index (κ2) is 4.29. The van der Waals surface area contributed by atoms with Crippen molar-refractivity contribution in [2.45, 2.75) is 10.9 Å². The molecule has 0 fully saturated rings. The minimum absolute atomic E-state index is 0.0156. The Kier molecular flexibility index (Phi) is 2.97. The molecule has 0 N–H and O–H groups in total. The number of hydrogen-bond acceptors (Lipinski definition) is 3. The lowest BCUT2D eigenvalue weighted by atomic mass is 10.2. The van der Waals surface area contributed by atoms with Gasteiger partial charge in [0.25, 0.3) is 0 Å². The zero-order valence-electron chi connectivity index (χ0n) is 9.17. The van der Waals surface area contributed by atoms with Crippen molar-refractivity contribution in [1.29, 1.82) is 0 Å². The second-order valence-corrected chi connectivity index (χ2v) is 5.59. The summed E-state index contributed by atoms with van der Waals surface area (Å²) in [6, 6.07) is 5.39. The van der Waals surface area contributed by atoms with Gasteiger partial charge in [0.05, 0.1) is 5.75 Å². The summed E-state index contributed by atoms with van der Waals surface area (Å²) in [5.74, 6) is -0.568. The highest BCUT2D eigenvalue weighted by molar-refractivity contribution is 7.90. The summed E-state index contributed by atoms with van der Waals surface area (Å²) < 4.78 is 38.1. The van der Waals surface area contributed by atoms with Crippen LogP contribution in [-0.4, -0.2) is 18.0 Å². The van der Waals surface area contributed by atoms with Gasteiger partial charge in [-0.3, -0.25) is 0 Å². The Balaban J connectivity index is 2.30. The van der Waals surface area contributed by atoms with Gasteiger partial charge < -0.3 is 4.57 Å². The molecule has 0 aliphatic rings. The first-order chi connectivity index (χ1) is 7.99. The predicted molar refractivity (Wildman–Crippen MR) is 60.5 cm³/mol. The van der Waals surface area contributed by atoms with Crippen LogP contribution in [0.3, 0.4) is 0 Å². The van der Waals surface area contributed by atoms with E-state index in [0.29, 0.717) is 5.56 Å². The van der Waals surface area contributed by atoms with Crippen molar-refractivity contribution in [3.8, 4) is 0 Å². The Hall–Kier alpha value is -1.69. The third kappa shape index (κ3) is 2.52. The van der Waals surface area contributed by atoms with Gasteiger partial charge in [-0.1, -0.05) is 12.1 Å². The molecule has 0 amide bonds. The molecule has 0 spiro atoms. The summed E-state index contributed by atoms with van der Waals surface area (Å²) in [6.07, 6.45) is 3.00. The van der Waals surface area contributed by atoms with Crippen LogP contribution in [0.25, 0.3) is 0 Å². The molecule has 1 heterocycles. The summed E-state index contributed by atoms with van der Waals surface area (Å²) in [5.41, 5.74) is 0.536. The first-order valence-electron chi connectivity index (χ1n) is 4.93. The number of aromatic nitrogens is 2. The van der Waals surface area contributed by atoms with Crippen LogP contribution >= 0.6 is 0 Å². The lowest BCUT2D eigenvalue weighted by molar-refractivity contribution is 0.578. The molecule has 0 atom stereocenters. The van der Waals surface area contributed by atoms with Crippen LogP contribution in [0.2, 0.25) is 0 Å². The van der Waals surface area contributed by atoms with E-state index in [9.17, 15) is 12.8 Å². The van der Waals surface area contributed by atoms with Gasteiger partial charge in [0.2, 0.25) is 15.0 Å². The normalized spacial score (nSPS) is 11.6. The Bertz CT molecular complexity index is 617. The molecule has 2 rings (SSSR count).